The molecular formula is C13H16Br2N4OS. The first-order chi connectivity index (χ1) is 10.1. The zero-order valence-electron chi connectivity index (χ0n) is 11.6. The van der Waals surface area contributed by atoms with Gasteiger partial charge >= 0.3 is 0 Å². The molecule has 3 aliphatic rings. The summed E-state index contributed by atoms with van der Waals surface area (Å²) in [4.78, 5) is 11.5. The molecule has 1 aromatic heterocycles. The molecule has 0 aromatic carbocycles. The van der Waals surface area contributed by atoms with Crippen molar-refractivity contribution in [2.75, 3.05) is 36.6 Å². The third-order valence-corrected chi connectivity index (χ3v) is 7.37. The number of anilines is 2. The van der Waals surface area contributed by atoms with Gasteiger partial charge in [0.15, 0.2) is 5.13 Å². The van der Waals surface area contributed by atoms with Crippen LogP contribution in [0.5, 0.6) is 0 Å². The summed E-state index contributed by atoms with van der Waals surface area (Å²) in [6, 6.07) is 0. The molecule has 3 aliphatic heterocycles. The number of morpholine rings is 1. The number of nitrogens with zero attached hydrogens (tertiary/aromatic N) is 4. The third kappa shape index (κ3) is 2.50. The van der Waals surface area contributed by atoms with Crippen LogP contribution in [0.1, 0.15) is 12.8 Å². The fourth-order valence-corrected chi connectivity index (χ4v) is 4.83. The number of thiazole rings is 1. The fourth-order valence-electron chi connectivity index (χ4n) is 3.07. The summed E-state index contributed by atoms with van der Waals surface area (Å²) in [5.74, 6) is 1.00. The zero-order chi connectivity index (χ0) is 14.6. The molecule has 8 heteroatoms. The minimum absolute atomic E-state index is 0.398. The zero-order valence-corrected chi connectivity index (χ0v) is 15.6. The molecule has 2 saturated heterocycles. The molecule has 4 rings (SSSR count). The second-order valence-corrected chi connectivity index (χ2v) is 8.04. The Balaban J connectivity index is 1.54. The number of rotatable bonds is 2. The first-order valence-corrected chi connectivity index (χ1v) is 9.48. The topological polar surface area (TPSA) is 31.8 Å². The lowest BCUT2D eigenvalue weighted by atomic mass is 10.2. The molecule has 0 N–H and O–H groups in total. The van der Waals surface area contributed by atoms with E-state index in [1.165, 1.54) is 12.8 Å². The molecule has 0 spiro atoms. The molecule has 0 radical (unpaired) electrons. The Hall–Kier alpha value is -0.310. The molecular weight excluding hydrogens is 420 g/mol. The Labute approximate surface area is 144 Å². The molecule has 2 fully saturated rings. The lowest BCUT2D eigenvalue weighted by Gasteiger charge is -2.31. The second kappa shape index (κ2) is 5.40. The Morgan fingerprint density at radius 2 is 1.95 bits per heavy atom. The number of hydrogen-bond donors (Lipinski definition) is 0. The van der Waals surface area contributed by atoms with Gasteiger partial charge in [-0.05, 0) is 44.7 Å². The van der Waals surface area contributed by atoms with Crippen LogP contribution in [0, 0.1) is 0 Å². The van der Waals surface area contributed by atoms with Crippen molar-refractivity contribution < 1.29 is 4.74 Å². The minimum Gasteiger partial charge on any atom is -0.371 e. The normalized spacial score (nSPS) is 29.0. The van der Waals surface area contributed by atoms with Crippen LogP contribution in [-0.2, 0) is 4.74 Å². The van der Waals surface area contributed by atoms with Gasteiger partial charge in [0.05, 0.1) is 18.9 Å². The molecule has 0 saturated carbocycles. The second-order valence-electron chi connectivity index (χ2n) is 5.70. The van der Waals surface area contributed by atoms with Crippen molar-refractivity contribution in [1.82, 2.24) is 9.88 Å². The highest BCUT2D eigenvalue weighted by Crippen LogP contribution is 2.38. The van der Waals surface area contributed by atoms with Gasteiger partial charge in [-0.25, -0.2) is 4.98 Å². The van der Waals surface area contributed by atoms with E-state index in [4.69, 9.17) is 9.72 Å². The largest absolute Gasteiger partial charge is 0.371 e. The summed E-state index contributed by atoms with van der Waals surface area (Å²) in [6.07, 6.45) is 3.18. The highest BCUT2D eigenvalue weighted by molar-refractivity contribution is 9.14. The van der Waals surface area contributed by atoms with Crippen molar-refractivity contribution in [1.29, 1.82) is 0 Å². The number of hydrogen-bond acceptors (Lipinski definition) is 6. The van der Waals surface area contributed by atoms with Crippen molar-refractivity contribution in [3.63, 3.8) is 0 Å². The van der Waals surface area contributed by atoms with E-state index in [0.717, 1.165) is 39.9 Å². The summed E-state index contributed by atoms with van der Waals surface area (Å²) in [6.45, 7) is 2.76. The standard InChI is InChI=1S/C13H16Br2N4OS/c1-17-7-19(12(15)11(17)14)10-6-21-13(16-10)18-4-8-2-3-9(5-18)20-8/h6,8-9H,2-5,7H2,1H3/t8-,9+. The van der Waals surface area contributed by atoms with Crippen LogP contribution in [0.15, 0.2) is 14.6 Å². The Morgan fingerprint density at radius 1 is 1.24 bits per heavy atom. The smallest absolute Gasteiger partial charge is 0.187 e. The average Bonchev–Trinajstić information content (AvgIpc) is 3.15. The maximum Gasteiger partial charge on any atom is 0.187 e. The van der Waals surface area contributed by atoms with Crippen LogP contribution in [-0.4, -0.2) is 48.9 Å². The molecule has 0 unspecified atom stereocenters. The van der Waals surface area contributed by atoms with Gasteiger partial charge < -0.3 is 14.5 Å². The predicted octanol–water partition coefficient (Wildman–Crippen LogP) is 3.14. The summed E-state index contributed by atoms with van der Waals surface area (Å²) in [5.41, 5.74) is 0. The van der Waals surface area contributed by atoms with Crippen molar-refractivity contribution >= 4 is 54.1 Å². The predicted molar refractivity (Wildman–Crippen MR) is 92.2 cm³/mol. The van der Waals surface area contributed by atoms with Gasteiger partial charge in [-0.1, -0.05) is 0 Å². The van der Waals surface area contributed by atoms with E-state index in [-0.39, 0.29) is 0 Å². The SMILES string of the molecule is CN1CN(c2csc(N3C[C@H]4CC[C@@H](C3)O4)n2)C(Br)=C1Br. The highest BCUT2D eigenvalue weighted by atomic mass is 79.9. The summed E-state index contributed by atoms with van der Waals surface area (Å²) < 4.78 is 7.99. The summed E-state index contributed by atoms with van der Waals surface area (Å²) >= 11 is 8.93. The van der Waals surface area contributed by atoms with Crippen molar-refractivity contribution in [3.05, 3.63) is 14.6 Å². The van der Waals surface area contributed by atoms with Crippen LogP contribution in [0.3, 0.4) is 0 Å². The lowest BCUT2D eigenvalue weighted by molar-refractivity contribution is 0.0305. The van der Waals surface area contributed by atoms with Gasteiger partial charge in [-0.3, -0.25) is 4.90 Å². The van der Waals surface area contributed by atoms with Gasteiger partial charge in [0.25, 0.3) is 0 Å². The molecule has 0 aliphatic carbocycles. The highest BCUT2D eigenvalue weighted by Gasteiger charge is 2.35. The molecule has 2 atom stereocenters. The minimum atomic E-state index is 0.398. The van der Waals surface area contributed by atoms with Crippen molar-refractivity contribution in [3.8, 4) is 0 Å². The van der Waals surface area contributed by atoms with E-state index in [9.17, 15) is 0 Å². The van der Waals surface area contributed by atoms with Crippen LogP contribution in [0.25, 0.3) is 0 Å². The number of aromatic nitrogens is 1. The van der Waals surface area contributed by atoms with Gasteiger partial charge in [-0.15, -0.1) is 11.3 Å². The number of ether oxygens (including phenoxy) is 1. The number of halogens is 2. The monoisotopic (exact) mass is 434 g/mol. The Morgan fingerprint density at radius 3 is 2.57 bits per heavy atom. The number of fused-ring (bicyclic) bond motifs is 2. The lowest BCUT2D eigenvalue weighted by Crippen LogP contribution is -2.42. The summed E-state index contributed by atoms with van der Waals surface area (Å²) in [5, 5.41) is 3.24. The molecule has 2 bridgehead atoms. The van der Waals surface area contributed by atoms with E-state index in [2.05, 4.69) is 59.0 Å². The van der Waals surface area contributed by atoms with Crippen molar-refractivity contribution in [2.24, 2.45) is 0 Å². The Bertz CT molecular complexity index is 580. The first kappa shape index (κ1) is 14.3. The molecule has 1 aromatic rings. The molecule has 5 nitrogen and oxygen atoms in total. The van der Waals surface area contributed by atoms with Gasteiger partial charge in [0.1, 0.15) is 15.0 Å². The van der Waals surface area contributed by atoms with Gasteiger partial charge in [0, 0.05) is 25.5 Å². The maximum absolute atomic E-state index is 5.90. The van der Waals surface area contributed by atoms with Crippen LogP contribution >= 0.6 is 43.2 Å². The van der Waals surface area contributed by atoms with E-state index in [1.54, 1.807) is 11.3 Å². The van der Waals surface area contributed by atoms with Crippen molar-refractivity contribution in [2.45, 2.75) is 25.0 Å². The first-order valence-electron chi connectivity index (χ1n) is 7.01. The quantitative estimate of drug-likeness (QED) is 0.666. The van der Waals surface area contributed by atoms with Gasteiger partial charge in [-0.2, -0.15) is 0 Å². The Kier molecular flexibility index (Phi) is 3.68. The summed E-state index contributed by atoms with van der Waals surface area (Å²) in [7, 11) is 2.05. The fraction of sp³-hybridized carbons (Fsp3) is 0.615. The molecule has 0 amide bonds. The third-order valence-electron chi connectivity index (χ3n) is 4.17. The van der Waals surface area contributed by atoms with E-state index >= 15 is 0 Å². The maximum atomic E-state index is 5.90. The van der Waals surface area contributed by atoms with Crippen LogP contribution in [0.4, 0.5) is 10.9 Å². The van der Waals surface area contributed by atoms with Crippen LogP contribution in [0.2, 0.25) is 0 Å². The average molecular weight is 436 g/mol. The molecule has 4 heterocycles. The van der Waals surface area contributed by atoms with Gasteiger partial charge in [0.2, 0.25) is 0 Å². The van der Waals surface area contributed by atoms with E-state index < -0.39 is 0 Å². The van der Waals surface area contributed by atoms with E-state index in [0.29, 0.717) is 12.2 Å². The van der Waals surface area contributed by atoms with Crippen LogP contribution < -0.4 is 9.80 Å². The van der Waals surface area contributed by atoms with E-state index in [1.807, 2.05) is 0 Å². The molecule has 21 heavy (non-hydrogen) atoms. The molecule has 114 valence electrons.